The van der Waals surface area contributed by atoms with Gasteiger partial charge in [0.1, 0.15) is 0 Å². The SMILES string of the molecule is O=C(NCCCN1CCOCC1)[C@@H]1CCCN(c2cnn(Cc3ccccc3)c(=O)c2)C1. The second-order valence-corrected chi connectivity index (χ2v) is 8.58. The minimum absolute atomic E-state index is 0.0566. The van der Waals surface area contributed by atoms with Crippen molar-refractivity contribution in [2.24, 2.45) is 5.92 Å². The molecule has 32 heavy (non-hydrogen) atoms. The Morgan fingerprint density at radius 1 is 1.16 bits per heavy atom. The summed E-state index contributed by atoms with van der Waals surface area (Å²) >= 11 is 0. The molecular formula is C24H33N5O3. The number of morpholine rings is 1. The van der Waals surface area contributed by atoms with Crippen LogP contribution >= 0.6 is 0 Å². The number of aromatic nitrogens is 2. The fraction of sp³-hybridized carbons (Fsp3) is 0.542. The van der Waals surface area contributed by atoms with Gasteiger partial charge >= 0.3 is 0 Å². The number of nitrogens with zero attached hydrogens (tertiary/aromatic N) is 4. The molecule has 2 aliphatic rings. The molecule has 8 nitrogen and oxygen atoms in total. The lowest BCUT2D eigenvalue weighted by molar-refractivity contribution is -0.125. The second-order valence-electron chi connectivity index (χ2n) is 8.58. The fourth-order valence-corrected chi connectivity index (χ4v) is 4.38. The minimum atomic E-state index is -0.124. The number of piperidine rings is 1. The van der Waals surface area contributed by atoms with Gasteiger partial charge in [-0.25, -0.2) is 4.68 Å². The van der Waals surface area contributed by atoms with Gasteiger partial charge in [0.2, 0.25) is 5.91 Å². The van der Waals surface area contributed by atoms with Gasteiger partial charge in [0.15, 0.2) is 0 Å². The first-order valence-electron chi connectivity index (χ1n) is 11.6. The lowest BCUT2D eigenvalue weighted by atomic mass is 9.97. The highest BCUT2D eigenvalue weighted by Gasteiger charge is 2.26. The molecule has 3 heterocycles. The highest BCUT2D eigenvalue weighted by atomic mass is 16.5. The van der Waals surface area contributed by atoms with Crippen LogP contribution in [0.4, 0.5) is 5.69 Å². The molecule has 0 aliphatic carbocycles. The molecular weight excluding hydrogens is 406 g/mol. The lowest BCUT2D eigenvalue weighted by Crippen LogP contribution is -2.44. The topological polar surface area (TPSA) is 79.7 Å². The molecule has 2 aromatic rings. The van der Waals surface area contributed by atoms with E-state index in [0.717, 1.165) is 69.9 Å². The number of carbonyl (C=O) groups is 1. The summed E-state index contributed by atoms with van der Waals surface area (Å²) in [6.07, 6.45) is 4.50. The fourth-order valence-electron chi connectivity index (χ4n) is 4.38. The van der Waals surface area contributed by atoms with Crippen molar-refractivity contribution in [3.05, 3.63) is 58.5 Å². The summed E-state index contributed by atoms with van der Waals surface area (Å²) in [4.78, 5) is 29.8. The van der Waals surface area contributed by atoms with E-state index in [0.29, 0.717) is 19.6 Å². The Hall–Kier alpha value is -2.71. The van der Waals surface area contributed by atoms with E-state index in [1.54, 1.807) is 12.3 Å². The maximum Gasteiger partial charge on any atom is 0.269 e. The Kier molecular flexibility index (Phi) is 7.90. The highest BCUT2D eigenvalue weighted by molar-refractivity contribution is 5.79. The second kappa shape index (κ2) is 11.2. The van der Waals surface area contributed by atoms with Crippen LogP contribution in [0.15, 0.2) is 47.4 Å². The third-order valence-electron chi connectivity index (χ3n) is 6.24. The Morgan fingerprint density at radius 2 is 1.97 bits per heavy atom. The van der Waals surface area contributed by atoms with Gasteiger partial charge in [0.25, 0.3) is 5.56 Å². The first-order chi connectivity index (χ1) is 15.7. The molecule has 1 atom stereocenters. The van der Waals surface area contributed by atoms with Gasteiger partial charge in [-0.1, -0.05) is 30.3 Å². The minimum Gasteiger partial charge on any atom is -0.379 e. The number of benzene rings is 1. The normalized spacial score (nSPS) is 19.6. The number of nitrogens with one attached hydrogen (secondary N) is 1. The first-order valence-corrected chi connectivity index (χ1v) is 11.6. The van der Waals surface area contributed by atoms with E-state index in [9.17, 15) is 9.59 Å². The zero-order chi connectivity index (χ0) is 22.2. The molecule has 0 saturated carbocycles. The summed E-state index contributed by atoms with van der Waals surface area (Å²) in [5.41, 5.74) is 1.71. The number of anilines is 1. The van der Waals surface area contributed by atoms with Crippen molar-refractivity contribution in [2.75, 3.05) is 57.4 Å². The molecule has 0 bridgehead atoms. The van der Waals surface area contributed by atoms with Crippen LogP contribution in [-0.2, 0) is 16.1 Å². The first kappa shape index (κ1) is 22.5. The molecule has 2 saturated heterocycles. The van der Waals surface area contributed by atoms with Crippen LogP contribution in [0.5, 0.6) is 0 Å². The molecule has 0 spiro atoms. The number of hydrogen-bond acceptors (Lipinski definition) is 6. The van der Waals surface area contributed by atoms with Gasteiger partial charge in [0.05, 0.1) is 37.6 Å². The van der Waals surface area contributed by atoms with Gasteiger partial charge in [-0.2, -0.15) is 5.10 Å². The lowest BCUT2D eigenvalue weighted by Gasteiger charge is -2.33. The van der Waals surface area contributed by atoms with Gasteiger partial charge < -0.3 is 15.0 Å². The maximum atomic E-state index is 12.7. The summed E-state index contributed by atoms with van der Waals surface area (Å²) in [5, 5.41) is 7.48. The zero-order valence-corrected chi connectivity index (χ0v) is 18.6. The van der Waals surface area contributed by atoms with E-state index in [1.165, 1.54) is 4.68 Å². The number of rotatable bonds is 8. The van der Waals surface area contributed by atoms with Crippen LogP contribution in [0.1, 0.15) is 24.8 Å². The van der Waals surface area contributed by atoms with Crippen molar-refractivity contribution >= 4 is 11.6 Å². The quantitative estimate of drug-likeness (QED) is 0.626. The summed E-state index contributed by atoms with van der Waals surface area (Å²) in [6.45, 7) is 7.16. The summed E-state index contributed by atoms with van der Waals surface area (Å²) in [5.74, 6) is 0.0564. The van der Waals surface area contributed by atoms with E-state index < -0.39 is 0 Å². The van der Waals surface area contributed by atoms with Crippen molar-refractivity contribution in [2.45, 2.75) is 25.8 Å². The molecule has 1 N–H and O–H groups in total. The van der Waals surface area contributed by atoms with E-state index in [-0.39, 0.29) is 17.4 Å². The standard InChI is InChI=1S/C24H33N5O3/c30-23-16-22(17-26-29(23)18-20-6-2-1-3-7-20)28-11-4-8-21(19-28)24(31)25-9-5-10-27-12-14-32-15-13-27/h1-3,6-7,16-17,21H,4-5,8-15,18-19H2,(H,25,31)/t21-/m1/s1. The summed E-state index contributed by atoms with van der Waals surface area (Å²) in [7, 11) is 0. The van der Waals surface area contributed by atoms with Gasteiger partial charge in [0, 0.05) is 38.8 Å². The largest absolute Gasteiger partial charge is 0.379 e. The summed E-state index contributed by atoms with van der Waals surface area (Å²) in [6, 6.07) is 11.5. The molecule has 4 rings (SSSR count). The van der Waals surface area contributed by atoms with Gasteiger partial charge in [-0.15, -0.1) is 0 Å². The third-order valence-corrected chi connectivity index (χ3v) is 6.24. The van der Waals surface area contributed by atoms with Crippen LogP contribution in [0.2, 0.25) is 0 Å². The Labute approximate surface area is 189 Å². The molecule has 2 fully saturated rings. The predicted molar refractivity (Wildman–Crippen MR) is 124 cm³/mol. The molecule has 172 valence electrons. The van der Waals surface area contributed by atoms with E-state index in [2.05, 4.69) is 20.2 Å². The highest BCUT2D eigenvalue weighted by Crippen LogP contribution is 2.22. The van der Waals surface area contributed by atoms with Crippen molar-refractivity contribution in [3.63, 3.8) is 0 Å². The van der Waals surface area contributed by atoms with Crippen molar-refractivity contribution in [1.29, 1.82) is 0 Å². The van der Waals surface area contributed by atoms with Crippen molar-refractivity contribution in [3.8, 4) is 0 Å². The monoisotopic (exact) mass is 439 g/mol. The van der Waals surface area contributed by atoms with Crippen LogP contribution in [0.3, 0.4) is 0 Å². The molecule has 2 aliphatic heterocycles. The number of ether oxygens (including phenoxy) is 1. The van der Waals surface area contributed by atoms with Crippen molar-refractivity contribution < 1.29 is 9.53 Å². The zero-order valence-electron chi connectivity index (χ0n) is 18.6. The molecule has 1 aromatic heterocycles. The summed E-state index contributed by atoms with van der Waals surface area (Å²) < 4.78 is 6.84. The Balaban J connectivity index is 1.27. The van der Waals surface area contributed by atoms with E-state index in [4.69, 9.17) is 4.74 Å². The van der Waals surface area contributed by atoms with Crippen LogP contribution in [0, 0.1) is 5.92 Å². The number of amides is 1. The van der Waals surface area contributed by atoms with E-state index >= 15 is 0 Å². The average Bonchev–Trinajstić information content (AvgIpc) is 2.84. The molecule has 1 amide bonds. The van der Waals surface area contributed by atoms with Crippen LogP contribution < -0.4 is 15.8 Å². The maximum absolute atomic E-state index is 12.7. The molecule has 0 radical (unpaired) electrons. The third kappa shape index (κ3) is 6.17. The van der Waals surface area contributed by atoms with Crippen molar-refractivity contribution in [1.82, 2.24) is 20.0 Å². The van der Waals surface area contributed by atoms with Crippen LogP contribution in [0.25, 0.3) is 0 Å². The van der Waals surface area contributed by atoms with E-state index in [1.807, 2.05) is 30.3 Å². The van der Waals surface area contributed by atoms with Gasteiger partial charge in [-0.05, 0) is 31.4 Å². The molecule has 8 heteroatoms. The Morgan fingerprint density at radius 3 is 2.75 bits per heavy atom. The predicted octanol–water partition coefficient (Wildman–Crippen LogP) is 1.35. The van der Waals surface area contributed by atoms with Crippen LogP contribution in [-0.4, -0.2) is 73.1 Å². The van der Waals surface area contributed by atoms with Gasteiger partial charge in [-0.3, -0.25) is 14.5 Å². The average molecular weight is 440 g/mol. The Bertz CT molecular complexity index is 927. The number of hydrogen-bond donors (Lipinski definition) is 1. The molecule has 0 unspecified atom stereocenters. The molecule has 1 aromatic carbocycles. The number of carbonyl (C=O) groups excluding carboxylic acids is 1. The smallest absolute Gasteiger partial charge is 0.269 e.